The summed E-state index contributed by atoms with van der Waals surface area (Å²) in [6, 6.07) is 7.06. The number of nitrogens with one attached hydrogen (secondary N) is 2. The number of guanidine groups is 1. The molecule has 0 unspecified atom stereocenters. The SMILES string of the molecule is CCNC(=NCc1cccc(S(=O)(=O)N2CCCCC2)c1)NCc1ncnn1C.I. The summed E-state index contributed by atoms with van der Waals surface area (Å²) >= 11 is 0. The summed E-state index contributed by atoms with van der Waals surface area (Å²) in [5.41, 5.74) is 0.846. The smallest absolute Gasteiger partial charge is 0.243 e. The molecule has 11 heteroatoms. The minimum absolute atomic E-state index is 0. The van der Waals surface area contributed by atoms with E-state index in [1.807, 2.05) is 20.0 Å². The van der Waals surface area contributed by atoms with Crippen LogP contribution in [-0.2, 0) is 30.2 Å². The Bertz CT molecular complexity index is 940. The highest BCUT2D eigenvalue weighted by Gasteiger charge is 2.25. The maximum atomic E-state index is 12.9. The van der Waals surface area contributed by atoms with Crippen molar-refractivity contribution < 1.29 is 8.42 Å². The third kappa shape index (κ3) is 6.38. The summed E-state index contributed by atoms with van der Waals surface area (Å²) < 4.78 is 29.1. The van der Waals surface area contributed by atoms with Crippen LogP contribution in [0.5, 0.6) is 0 Å². The van der Waals surface area contributed by atoms with E-state index in [2.05, 4.69) is 25.7 Å². The fraction of sp³-hybridized carbons (Fsp3) is 0.526. The van der Waals surface area contributed by atoms with Crippen molar-refractivity contribution in [2.75, 3.05) is 19.6 Å². The van der Waals surface area contributed by atoms with Crippen LogP contribution < -0.4 is 10.6 Å². The molecule has 1 aliphatic heterocycles. The van der Waals surface area contributed by atoms with Gasteiger partial charge in [0.25, 0.3) is 0 Å². The molecule has 0 atom stereocenters. The number of benzene rings is 1. The quantitative estimate of drug-likeness (QED) is 0.312. The molecule has 0 amide bonds. The van der Waals surface area contributed by atoms with Crippen molar-refractivity contribution >= 4 is 40.0 Å². The van der Waals surface area contributed by atoms with Gasteiger partial charge in [-0.25, -0.2) is 18.4 Å². The van der Waals surface area contributed by atoms with Gasteiger partial charge >= 0.3 is 0 Å². The molecule has 1 aliphatic rings. The van der Waals surface area contributed by atoms with E-state index in [-0.39, 0.29) is 24.0 Å². The third-order valence-corrected chi connectivity index (χ3v) is 6.73. The maximum absolute atomic E-state index is 12.9. The Balaban J connectivity index is 0.00000320. The second-order valence-electron chi connectivity index (χ2n) is 6.96. The number of rotatable bonds is 7. The molecule has 3 rings (SSSR count). The summed E-state index contributed by atoms with van der Waals surface area (Å²) in [5.74, 6) is 1.44. The minimum Gasteiger partial charge on any atom is -0.357 e. The van der Waals surface area contributed by atoms with Gasteiger partial charge in [0, 0.05) is 26.7 Å². The molecule has 0 aliphatic carbocycles. The van der Waals surface area contributed by atoms with Crippen molar-refractivity contribution in [2.45, 2.75) is 44.2 Å². The van der Waals surface area contributed by atoms with Gasteiger partial charge in [0.15, 0.2) is 5.96 Å². The molecule has 1 aromatic carbocycles. The summed E-state index contributed by atoms with van der Waals surface area (Å²) in [5, 5.41) is 10.5. The zero-order chi connectivity index (χ0) is 20.7. The normalized spacial score (nSPS) is 15.5. The number of aliphatic imine (C=N–C) groups is 1. The zero-order valence-corrected chi connectivity index (χ0v) is 20.6. The van der Waals surface area contributed by atoms with Gasteiger partial charge in [0.2, 0.25) is 10.0 Å². The molecule has 1 fully saturated rings. The fourth-order valence-electron chi connectivity index (χ4n) is 3.21. The van der Waals surface area contributed by atoms with Crippen molar-refractivity contribution in [3.05, 3.63) is 42.0 Å². The van der Waals surface area contributed by atoms with Gasteiger partial charge in [-0.2, -0.15) is 9.40 Å². The van der Waals surface area contributed by atoms with Gasteiger partial charge in [0.05, 0.1) is 18.0 Å². The van der Waals surface area contributed by atoms with E-state index in [0.717, 1.165) is 30.7 Å². The van der Waals surface area contributed by atoms with Gasteiger partial charge in [0.1, 0.15) is 12.2 Å². The average Bonchev–Trinajstić information content (AvgIpc) is 3.15. The molecule has 2 aromatic rings. The molecule has 2 N–H and O–H groups in total. The maximum Gasteiger partial charge on any atom is 0.243 e. The number of piperidine rings is 1. The number of nitrogens with zero attached hydrogens (tertiary/aromatic N) is 5. The number of hydrogen-bond acceptors (Lipinski definition) is 5. The van der Waals surface area contributed by atoms with Gasteiger partial charge in [-0.1, -0.05) is 18.6 Å². The first kappa shape index (κ1) is 24.5. The molecule has 0 radical (unpaired) electrons. The van der Waals surface area contributed by atoms with Gasteiger partial charge in [-0.15, -0.1) is 24.0 Å². The fourth-order valence-corrected chi connectivity index (χ4v) is 4.80. The highest BCUT2D eigenvalue weighted by atomic mass is 127. The molecular weight excluding hydrogens is 517 g/mol. The summed E-state index contributed by atoms with van der Waals surface area (Å²) in [4.78, 5) is 9.10. The minimum atomic E-state index is -3.44. The lowest BCUT2D eigenvalue weighted by Crippen LogP contribution is -2.37. The molecule has 0 spiro atoms. The lowest BCUT2D eigenvalue weighted by molar-refractivity contribution is 0.346. The summed E-state index contributed by atoms with van der Waals surface area (Å²) in [6.07, 6.45) is 4.45. The Morgan fingerprint density at radius 2 is 1.97 bits per heavy atom. The van der Waals surface area contributed by atoms with Crippen molar-refractivity contribution in [3.8, 4) is 0 Å². The predicted molar refractivity (Wildman–Crippen MR) is 127 cm³/mol. The van der Waals surface area contributed by atoms with E-state index in [1.54, 1.807) is 27.2 Å². The number of halogens is 1. The third-order valence-electron chi connectivity index (χ3n) is 4.83. The van der Waals surface area contributed by atoms with Crippen molar-refractivity contribution in [3.63, 3.8) is 0 Å². The Morgan fingerprint density at radius 1 is 1.20 bits per heavy atom. The summed E-state index contributed by atoms with van der Waals surface area (Å²) in [6.45, 7) is 4.77. The number of hydrogen-bond donors (Lipinski definition) is 2. The van der Waals surface area contributed by atoms with E-state index < -0.39 is 10.0 Å². The van der Waals surface area contributed by atoms with Crippen molar-refractivity contribution in [1.29, 1.82) is 0 Å². The highest BCUT2D eigenvalue weighted by Crippen LogP contribution is 2.21. The molecular formula is C19H30IN7O2S. The van der Waals surface area contributed by atoms with E-state index >= 15 is 0 Å². The molecule has 166 valence electrons. The Hall–Kier alpha value is -1.73. The molecule has 1 aromatic heterocycles. The number of sulfonamides is 1. The summed E-state index contributed by atoms with van der Waals surface area (Å²) in [7, 11) is -1.61. The monoisotopic (exact) mass is 547 g/mol. The van der Waals surface area contributed by atoms with Crippen molar-refractivity contribution in [2.24, 2.45) is 12.0 Å². The van der Waals surface area contributed by atoms with Crippen LogP contribution in [0, 0.1) is 0 Å². The number of aromatic nitrogens is 3. The molecule has 1 saturated heterocycles. The van der Waals surface area contributed by atoms with Gasteiger partial charge in [-0.3, -0.25) is 4.68 Å². The first-order chi connectivity index (χ1) is 14.0. The first-order valence-electron chi connectivity index (χ1n) is 9.95. The molecule has 0 saturated carbocycles. The molecule has 0 bridgehead atoms. The van der Waals surface area contributed by atoms with Gasteiger partial charge < -0.3 is 10.6 Å². The van der Waals surface area contributed by atoms with Crippen LogP contribution in [-0.4, -0.2) is 53.1 Å². The highest BCUT2D eigenvalue weighted by molar-refractivity contribution is 14.0. The number of aryl methyl sites for hydroxylation is 1. The Kier molecular flexibility index (Phi) is 9.49. The second kappa shape index (κ2) is 11.6. The topological polar surface area (TPSA) is 105 Å². The zero-order valence-electron chi connectivity index (χ0n) is 17.4. The van der Waals surface area contributed by atoms with Crippen LogP contribution in [0.3, 0.4) is 0 Å². The predicted octanol–water partition coefficient (Wildman–Crippen LogP) is 1.86. The Labute approximate surface area is 195 Å². The van der Waals surface area contributed by atoms with Crippen LogP contribution in [0.2, 0.25) is 0 Å². The molecule has 2 heterocycles. The van der Waals surface area contributed by atoms with Crippen LogP contribution in [0.25, 0.3) is 0 Å². The van der Waals surface area contributed by atoms with Crippen LogP contribution in [0.4, 0.5) is 0 Å². The first-order valence-corrected chi connectivity index (χ1v) is 11.4. The second-order valence-corrected chi connectivity index (χ2v) is 8.90. The molecule has 9 nitrogen and oxygen atoms in total. The largest absolute Gasteiger partial charge is 0.357 e. The van der Waals surface area contributed by atoms with Crippen LogP contribution in [0.15, 0.2) is 40.5 Å². The average molecular weight is 547 g/mol. The van der Waals surface area contributed by atoms with Crippen molar-refractivity contribution in [1.82, 2.24) is 29.7 Å². The van der Waals surface area contributed by atoms with Crippen LogP contribution >= 0.6 is 24.0 Å². The lowest BCUT2D eigenvalue weighted by atomic mass is 10.2. The van der Waals surface area contributed by atoms with E-state index in [1.165, 1.54) is 6.33 Å². The van der Waals surface area contributed by atoms with E-state index in [0.29, 0.717) is 43.6 Å². The van der Waals surface area contributed by atoms with E-state index in [9.17, 15) is 8.42 Å². The van der Waals surface area contributed by atoms with Crippen LogP contribution in [0.1, 0.15) is 37.6 Å². The molecule has 30 heavy (non-hydrogen) atoms. The van der Waals surface area contributed by atoms with E-state index in [4.69, 9.17) is 0 Å². The standard InChI is InChI=1S/C19H29N7O2S.HI/c1-3-20-19(22-14-18-23-15-24-25(18)2)21-13-16-8-7-9-17(12-16)29(27,28)26-10-5-4-6-11-26;/h7-9,12,15H,3-6,10-11,13-14H2,1-2H3,(H2,20,21,22);1H. The van der Waals surface area contributed by atoms with Gasteiger partial charge in [-0.05, 0) is 37.5 Å². The lowest BCUT2D eigenvalue weighted by Gasteiger charge is -2.26. The Morgan fingerprint density at radius 3 is 2.63 bits per heavy atom.